The number of rotatable bonds is 4. The second-order valence-corrected chi connectivity index (χ2v) is 4.62. The minimum atomic E-state index is -0.926. The first-order valence-electron chi connectivity index (χ1n) is 6.46. The van der Waals surface area contributed by atoms with Crippen molar-refractivity contribution in [1.82, 2.24) is 0 Å². The first kappa shape index (κ1) is 15.0. The maximum atomic E-state index is 14.0. The maximum Gasteiger partial charge on any atom is 0.199 e. The fraction of sp³-hybridized carbons (Fsp3) is 0.188. The standard InChI is InChI=1S/C16H15F2NO2/c1-3-21-14-5-4-9(2)6-11(14)16(20)12-7-10(17)8-13(19)15(12)18/h4-8H,3,19H2,1-2H3. The van der Waals surface area contributed by atoms with E-state index in [1.54, 1.807) is 32.0 Å². The van der Waals surface area contributed by atoms with Crippen molar-refractivity contribution in [2.75, 3.05) is 12.3 Å². The molecule has 0 aliphatic heterocycles. The zero-order chi connectivity index (χ0) is 15.6. The van der Waals surface area contributed by atoms with Gasteiger partial charge in [0.05, 0.1) is 23.4 Å². The smallest absolute Gasteiger partial charge is 0.199 e. The molecule has 0 aliphatic carbocycles. The van der Waals surface area contributed by atoms with Crippen LogP contribution in [0.25, 0.3) is 0 Å². The molecule has 0 bridgehead atoms. The third-order valence-corrected chi connectivity index (χ3v) is 2.99. The fourth-order valence-electron chi connectivity index (χ4n) is 2.02. The number of carbonyl (C=O) groups excluding carboxylic acids is 1. The number of nitrogens with two attached hydrogens (primary N) is 1. The van der Waals surface area contributed by atoms with E-state index in [1.165, 1.54) is 0 Å². The number of carbonyl (C=O) groups is 1. The Bertz CT molecular complexity index is 699. The second kappa shape index (κ2) is 5.91. The van der Waals surface area contributed by atoms with E-state index in [0.717, 1.165) is 17.7 Å². The molecule has 0 spiro atoms. The average Bonchev–Trinajstić information content (AvgIpc) is 2.44. The van der Waals surface area contributed by atoms with Crippen LogP contribution in [0.5, 0.6) is 5.75 Å². The summed E-state index contributed by atoms with van der Waals surface area (Å²) in [6.45, 7) is 3.93. The molecule has 110 valence electrons. The summed E-state index contributed by atoms with van der Waals surface area (Å²) in [6, 6.07) is 6.66. The van der Waals surface area contributed by atoms with E-state index in [-0.39, 0.29) is 5.56 Å². The van der Waals surface area contributed by atoms with Crippen LogP contribution in [0.3, 0.4) is 0 Å². The van der Waals surface area contributed by atoms with Gasteiger partial charge in [0.15, 0.2) is 11.6 Å². The summed E-state index contributed by atoms with van der Waals surface area (Å²) in [7, 11) is 0. The van der Waals surface area contributed by atoms with E-state index < -0.39 is 28.7 Å². The lowest BCUT2D eigenvalue weighted by molar-refractivity contribution is 0.103. The highest BCUT2D eigenvalue weighted by Crippen LogP contribution is 2.26. The predicted molar refractivity (Wildman–Crippen MR) is 76.6 cm³/mol. The summed E-state index contributed by atoms with van der Waals surface area (Å²) in [5.74, 6) is -2.02. The Hall–Kier alpha value is -2.43. The molecule has 5 heteroatoms. The van der Waals surface area contributed by atoms with Gasteiger partial charge in [-0.25, -0.2) is 8.78 Å². The molecule has 0 aromatic heterocycles. The Kier molecular flexibility index (Phi) is 4.21. The third kappa shape index (κ3) is 3.02. The maximum absolute atomic E-state index is 14.0. The number of benzene rings is 2. The Balaban J connectivity index is 2.57. The summed E-state index contributed by atoms with van der Waals surface area (Å²) in [6.07, 6.45) is 0. The van der Waals surface area contributed by atoms with Crippen molar-refractivity contribution in [3.8, 4) is 5.75 Å². The van der Waals surface area contributed by atoms with E-state index >= 15 is 0 Å². The highest BCUT2D eigenvalue weighted by atomic mass is 19.1. The van der Waals surface area contributed by atoms with Gasteiger partial charge in [-0.2, -0.15) is 0 Å². The highest BCUT2D eigenvalue weighted by molar-refractivity contribution is 6.11. The van der Waals surface area contributed by atoms with Gasteiger partial charge in [0.25, 0.3) is 0 Å². The van der Waals surface area contributed by atoms with Gasteiger partial charge < -0.3 is 10.5 Å². The number of hydrogen-bond acceptors (Lipinski definition) is 3. The van der Waals surface area contributed by atoms with Gasteiger partial charge in [-0.05, 0) is 38.1 Å². The van der Waals surface area contributed by atoms with E-state index in [2.05, 4.69) is 0 Å². The number of hydrogen-bond donors (Lipinski definition) is 1. The molecule has 0 aliphatic rings. The summed E-state index contributed by atoms with van der Waals surface area (Å²) in [4.78, 5) is 12.5. The number of ether oxygens (including phenoxy) is 1. The van der Waals surface area contributed by atoms with Crippen molar-refractivity contribution in [2.24, 2.45) is 0 Å². The Morgan fingerprint density at radius 2 is 1.90 bits per heavy atom. The van der Waals surface area contributed by atoms with Crippen molar-refractivity contribution < 1.29 is 18.3 Å². The van der Waals surface area contributed by atoms with Gasteiger partial charge >= 0.3 is 0 Å². The van der Waals surface area contributed by atoms with Crippen LogP contribution in [-0.4, -0.2) is 12.4 Å². The molecule has 21 heavy (non-hydrogen) atoms. The zero-order valence-corrected chi connectivity index (χ0v) is 11.7. The topological polar surface area (TPSA) is 52.3 Å². The number of nitrogen functional groups attached to an aromatic ring is 1. The fourth-order valence-corrected chi connectivity index (χ4v) is 2.02. The largest absolute Gasteiger partial charge is 0.493 e. The van der Waals surface area contributed by atoms with Crippen LogP contribution in [0.15, 0.2) is 30.3 Å². The van der Waals surface area contributed by atoms with E-state index in [0.29, 0.717) is 12.4 Å². The van der Waals surface area contributed by atoms with Crippen molar-refractivity contribution >= 4 is 11.5 Å². The number of ketones is 1. The Morgan fingerprint density at radius 1 is 1.19 bits per heavy atom. The molecule has 0 heterocycles. The molecule has 0 amide bonds. The summed E-state index contributed by atoms with van der Waals surface area (Å²) < 4.78 is 32.7. The predicted octanol–water partition coefficient (Wildman–Crippen LogP) is 3.49. The molecule has 2 aromatic carbocycles. The van der Waals surface area contributed by atoms with Crippen molar-refractivity contribution in [3.05, 3.63) is 58.7 Å². The average molecular weight is 291 g/mol. The normalized spacial score (nSPS) is 10.5. The summed E-state index contributed by atoms with van der Waals surface area (Å²) in [5.41, 5.74) is 5.56. The molecule has 2 N–H and O–H groups in total. The lowest BCUT2D eigenvalue weighted by Gasteiger charge is -2.11. The van der Waals surface area contributed by atoms with Gasteiger partial charge in [0.2, 0.25) is 0 Å². The van der Waals surface area contributed by atoms with Gasteiger partial charge in [-0.3, -0.25) is 4.79 Å². The molecular formula is C16H15F2NO2. The zero-order valence-electron chi connectivity index (χ0n) is 11.7. The van der Waals surface area contributed by atoms with Crippen LogP contribution in [0.4, 0.5) is 14.5 Å². The van der Waals surface area contributed by atoms with Crippen molar-refractivity contribution in [3.63, 3.8) is 0 Å². The Labute approximate surface area is 121 Å². The van der Waals surface area contributed by atoms with Gasteiger partial charge in [-0.1, -0.05) is 11.6 Å². The first-order chi connectivity index (χ1) is 9.93. The van der Waals surface area contributed by atoms with E-state index in [9.17, 15) is 13.6 Å². The number of aryl methyl sites for hydroxylation is 1. The van der Waals surface area contributed by atoms with Crippen molar-refractivity contribution in [2.45, 2.75) is 13.8 Å². The third-order valence-electron chi connectivity index (χ3n) is 2.99. The molecule has 0 atom stereocenters. The lowest BCUT2D eigenvalue weighted by atomic mass is 9.99. The first-order valence-corrected chi connectivity index (χ1v) is 6.46. The van der Waals surface area contributed by atoms with Gasteiger partial charge in [-0.15, -0.1) is 0 Å². The van der Waals surface area contributed by atoms with Gasteiger partial charge in [0.1, 0.15) is 11.6 Å². The molecule has 0 saturated heterocycles. The van der Waals surface area contributed by atoms with Gasteiger partial charge in [0, 0.05) is 0 Å². The molecule has 3 nitrogen and oxygen atoms in total. The monoisotopic (exact) mass is 291 g/mol. The van der Waals surface area contributed by atoms with Crippen LogP contribution in [0.2, 0.25) is 0 Å². The van der Waals surface area contributed by atoms with Crippen LogP contribution in [-0.2, 0) is 0 Å². The molecular weight excluding hydrogens is 276 g/mol. The highest BCUT2D eigenvalue weighted by Gasteiger charge is 2.21. The molecule has 0 fully saturated rings. The summed E-state index contributed by atoms with van der Waals surface area (Å²) >= 11 is 0. The second-order valence-electron chi connectivity index (χ2n) is 4.62. The summed E-state index contributed by atoms with van der Waals surface area (Å²) in [5, 5.41) is 0. The minimum absolute atomic E-state index is 0.181. The molecule has 2 aromatic rings. The molecule has 0 unspecified atom stereocenters. The quantitative estimate of drug-likeness (QED) is 0.693. The minimum Gasteiger partial charge on any atom is -0.493 e. The van der Waals surface area contributed by atoms with Crippen LogP contribution >= 0.6 is 0 Å². The lowest BCUT2D eigenvalue weighted by Crippen LogP contribution is -2.10. The van der Waals surface area contributed by atoms with Crippen LogP contribution in [0, 0.1) is 18.6 Å². The van der Waals surface area contributed by atoms with Crippen LogP contribution in [0.1, 0.15) is 28.4 Å². The van der Waals surface area contributed by atoms with Crippen molar-refractivity contribution in [1.29, 1.82) is 0 Å². The molecule has 2 rings (SSSR count). The van der Waals surface area contributed by atoms with Crippen LogP contribution < -0.4 is 10.5 Å². The number of anilines is 1. The molecule has 0 saturated carbocycles. The molecule has 0 radical (unpaired) electrons. The number of halogens is 2. The SMILES string of the molecule is CCOc1ccc(C)cc1C(=O)c1cc(F)cc(N)c1F. The van der Waals surface area contributed by atoms with E-state index in [4.69, 9.17) is 10.5 Å². The Morgan fingerprint density at radius 3 is 2.57 bits per heavy atom. The van der Waals surface area contributed by atoms with E-state index in [1.807, 2.05) is 0 Å².